The summed E-state index contributed by atoms with van der Waals surface area (Å²) in [6.07, 6.45) is 3.16. The van der Waals surface area contributed by atoms with Crippen LogP contribution < -0.4 is 4.74 Å². The van der Waals surface area contributed by atoms with Crippen molar-refractivity contribution in [3.05, 3.63) is 63.1 Å². The molecular formula is C20H20Cl3NO2. The number of halogens is 3. The van der Waals surface area contributed by atoms with Gasteiger partial charge in [-0.15, -0.1) is 0 Å². The Labute approximate surface area is 168 Å². The minimum Gasteiger partial charge on any atom is -0.482 e. The van der Waals surface area contributed by atoms with Crippen LogP contribution in [0.5, 0.6) is 5.75 Å². The predicted molar refractivity (Wildman–Crippen MR) is 107 cm³/mol. The lowest BCUT2D eigenvalue weighted by Crippen LogP contribution is -2.37. The van der Waals surface area contributed by atoms with E-state index in [2.05, 4.69) is 0 Å². The molecule has 0 bridgehead atoms. The summed E-state index contributed by atoms with van der Waals surface area (Å²) in [4.78, 5) is 14.5. The Balaban J connectivity index is 1.63. The molecule has 3 nitrogen and oxygen atoms in total. The maximum Gasteiger partial charge on any atom is 0.260 e. The summed E-state index contributed by atoms with van der Waals surface area (Å²) < 4.78 is 5.61. The minimum atomic E-state index is -0.0330. The molecule has 2 aromatic carbocycles. The van der Waals surface area contributed by atoms with Crippen LogP contribution in [0.2, 0.25) is 15.1 Å². The molecule has 1 atom stereocenters. The zero-order valence-electron chi connectivity index (χ0n) is 14.3. The molecule has 1 heterocycles. The summed E-state index contributed by atoms with van der Waals surface area (Å²) in [6.45, 7) is 1.41. The summed E-state index contributed by atoms with van der Waals surface area (Å²) in [5, 5.41) is 1.66. The summed E-state index contributed by atoms with van der Waals surface area (Å²) in [6, 6.07) is 12.9. The van der Waals surface area contributed by atoms with E-state index in [1.807, 2.05) is 29.2 Å². The highest BCUT2D eigenvalue weighted by Crippen LogP contribution is 2.29. The Morgan fingerprint density at radius 2 is 1.77 bits per heavy atom. The Hall–Kier alpha value is -1.42. The van der Waals surface area contributed by atoms with Crippen LogP contribution in [0.3, 0.4) is 0 Å². The van der Waals surface area contributed by atoms with Gasteiger partial charge >= 0.3 is 0 Å². The minimum absolute atomic E-state index is 0.0307. The van der Waals surface area contributed by atoms with E-state index in [9.17, 15) is 4.79 Å². The van der Waals surface area contributed by atoms with Gasteiger partial charge in [-0.2, -0.15) is 0 Å². The Bertz CT molecular complexity index is 764. The number of hydrogen-bond donors (Lipinski definition) is 0. The molecule has 1 saturated heterocycles. The van der Waals surface area contributed by atoms with Crippen molar-refractivity contribution in [2.75, 3.05) is 19.7 Å². The van der Waals surface area contributed by atoms with Crippen molar-refractivity contribution in [3.8, 4) is 5.75 Å². The largest absolute Gasteiger partial charge is 0.482 e. The molecule has 0 saturated carbocycles. The fraction of sp³-hybridized carbons (Fsp3) is 0.350. The average molecular weight is 413 g/mol. The van der Waals surface area contributed by atoms with Crippen LogP contribution in [0, 0.1) is 0 Å². The zero-order valence-corrected chi connectivity index (χ0v) is 16.5. The third kappa shape index (κ3) is 5.06. The van der Waals surface area contributed by atoms with Crippen LogP contribution in [0.1, 0.15) is 30.7 Å². The van der Waals surface area contributed by atoms with Gasteiger partial charge in [-0.3, -0.25) is 4.79 Å². The second-order valence-electron chi connectivity index (χ2n) is 6.45. The lowest BCUT2D eigenvalue weighted by molar-refractivity contribution is -0.133. The van der Waals surface area contributed by atoms with E-state index < -0.39 is 0 Å². The normalized spacial score (nSPS) is 17.7. The molecular weight excluding hydrogens is 393 g/mol. The van der Waals surface area contributed by atoms with Crippen LogP contribution in [-0.4, -0.2) is 30.5 Å². The van der Waals surface area contributed by atoms with Gasteiger partial charge in [-0.1, -0.05) is 53.4 Å². The highest BCUT2D eigenvalue weighted by molar-refractivity contribution is 6.35. The first-order valence-corrected chi connectivity index (χ1v) is 9.77. The van der Waals surface area contributed by atoms with Crippen LogP contribution >= 0.6 is 34.8 Å². The molecule has 0 spiro atoms. The molecule has 1 amide bonds. The number of carbonyl (C=O) groups is 1. The number of likely N-dealkylation sites (tertiary alicyclic amines) is 1. The van der Waals surface area contributed by atoms with Crippen molar-refractivity contribution in [3.63, 3.8) is 0 Å². The van der Waals surface area contributed by atoms with Gasteiger partial charge in [0.05, 0.1) is 5.02 Å². The van der Waals surface area contributed by atoms with Crippen LogP contribution in [0.25, 0.3) is 0 Å². The average Bonchev–Trinajstić information content (AvgIpc) is 2.88. The Morgan fingerprint density at radius 3 is 2.50 bits per heavy atom. The van der Waals surface area contributed by atoms with Crippen LogP contribution in [-0.2, 0) is 4.79 Å². The van der Waals surface area contributed by atoms with Crippen LogP contribution in [0.15, 0.2) is 42.5 Å². The molecule has 0 radical (unpaired) electrons. The summed E-state index contributed by atoms with van der Waals surface area (Å²) in [5.74, 6) is 0.753. The van der Waals surface area contributed by atoms with Crippen molar-refractivity contribution in [2.45, 2.75) is 25.2 Å². The second-order valence-corrected chi connectivity index (χ2v) is 7.73. The number of amides is 1. The molecule has 0 aromatic heterocycles. The van der Waals surface area contributed by atoms with E-state index in [1.165, 1.54) is 5.56 Å². The van der Waals surface area contributed by atoms with Crippen molar-refractivity contribution in [2.24, 2.45) is 0 Å². The molecule has 0 N–H and O–H groups in total. The maximum absolute atomic E-state index is 12.6. The number of nitrogens with zero attached hydrogens (tertiary/aromatic N) is 1. The van der Waals surface area contributed by atoms with Crippen molar-refractivity contribution >= 4 is 40.7 Å². The lowest BCUT2D eigenvalue weighted by atomic mass is 9.94. The molecule has 26 heavy (non-hydrogen) atoms. The molecule has 1 fully saturated rings. The number of ether oxygens (including phenoxy) is 1. The first-order valence-electron chi connectivity index (χ1n) is 8.64. The monoisotopic (exact) mass is 411 g/mol. The van der Waals surface area contributed by atoms with E-state index in [0.29, 0.717) is 28.3 Å². The van der Waals surface area contributed by atoms with Crippen molar-refractivity contribution in [1.29, 1.82) is 0 Å². The highest BCUT2D eigenvalue weighted by atomic mass is 35.5. The fourth-order valence-corrected chi connectivity index (χ4v) is 3.79. The third-order valence-corrected chi connectivity index (χ3v) is 5.39. The molecule has 3 rings (SSSR count). The van der Waals surface area contributed by atoms with E-state index >= 15 is 0 Å². The van der Waals surface area contributed by atoms with Crippen LogP contribution in [0.4, 0.5) is 0 Å². The van der Waals surface area contributed by atoms with E-state index in [1.54, 1.807) is 18.2 Å². The molecule has 138 valence electrons. The quantitative estimate of drug-likeness (QED) is 0.633. The molecule has 0 aliphatic carbocycles. The van der Waals surface area contributed by atoms with Crippen molar-refractivity contribution < 1.29 is 9.53 Å². The smallest absolute Gasteiger partial charge is 0.260 e. The van der Waals surface area contributed by atoms with E-state index in [4.69, 9.17) is 39.5 Å². The van der Waals surface area contributed by atoms with Gasteiger partial charge in [-0.25, -0.2) is 0 Å². The molecule has 1 aliphatic rings. The lowest BCUT2D eigenvalue weighted by Gasteiger charge is -2.25. The van der Waals surface area contributed by atoms with Gasteiger partial charge in [0, 0.05) is 29.1 Å². The van der Waals surface area contributed by atoms with Crippen molar-refractivity contribution in [1.82, 2.24) is 4.90 Å². The van der Waals surface area contributed by atoms with Gasteiger partial charge in [0.2, 0.25) is 0 Å². The SMILES string of the molecule is O=C(COc1ccc(Cl)cc1Cl)N1CCCCC(c2ccc(Cl)cc2)C1. The predicted octanol–water partition coefficient (Wildman–Crippen LogP) is 5.82. The van der Waals surface area contributed by atoms with Gasteiger partial charge in [0.25, 0.3) is 5.91 Å². The molecule has 1 unspecified atom stereocenters. The van der Waals surface area contributed by atoms with E-state index in [0.717, 1.165) is 30.8 Å². The Kier molecular flexibility index (Phi) is 6.68. The summed E-state index contributed by atoms with van der Waals surface area (Å²) in [5.41, 5.74) is 1.22. The first-order chi connectivity index (χ1) is 12.5. The van der Waals surface area contributed by atoms with Gasteiger partial charge in [-0.05, 0) is 48.7 Å². The second kappa shape index (κ2) is 8.98. The third-order valence-electron chi connectivity index (χ3n) is 4.61. The number of rotatable bonds is 4. The van der Waals surface area contributed by atoms with Gasteiger partial charge in [0.15, 0.2) is 6.61 Å². The maximum atomic E-state index is 12.6. The number of hydrogen-bond acceptors (Lipinski definition) is 2. The number of benzene rings is 2. The topological polar surface area (TPSA) is 29.5 Å². The molecule has 1 aliphatic heterocycles. The molecule has 6 heteroatoms. The van der Waals surface area contributed by atoms with E-state index in [-0.39, 0.29) is 12.5 Å². The zero-order chi connectivity index (χ0) is 18.5. The molecule has 2 aromatic rings. The van der Waals surface area contributed by atoms with Gasteiger partial charge in [0.1, 0.15) is 5.75 Å². The Morgan fingerprint density at radius 1 is 1.04 bits per heavy atom. The summed E-state index contributed by atoms with van der Waals surface area (Å²) >= 11 is 18.0. The number of carbonyl (C=O) groups excluding carboxylic acids is 1. The van der Waals surface area contributed by atoms with Gasteiger partial charge < -0.3 is 9.64 Å². The first kappa shape index (κ1) is 19.3. The fourth-order valence-electron chi connectivity index (χ4n) is 3.20. The standard InChI is InChI=1S/C20H20Cl3NO2/c21-16-6-4-14(5-7-16)15-3-1-2-10-24(12-15)20(25)13-26-19-9-8-17(22)11-18(19)23/h4-9,11,15H,1-3,10,12-13H2. The highest BCUT2D eigenvalue weighted by Gasteiger charge is 2.23. The summed E-state index contributed by atoms with van der Waals surface area (Å²) in [7, 11) is 0.